The summed E-state index contributed by atoms with van der Waals surface area (Å²) in [6.07, 6.45) is 0.240. The quantitative estimate of drug-likeness (QED) is 0.850. The minimum absolute atomic E-state index is 0.132. The monoisotopic (exact) mass is 273 g/mol. The van der Waals surface area contributed by atoms with E-state index in [1.165, 1.54) is 19.2 Å². The summed E-state index contributed by atoms with van der Waals surface area (Å²) in [6, 6.07) is 15.9. The maximum atomic E-state index is 13.0. The van der Waals surface area contributed by atoms with Gasteiger partial charge in [0, 0.05) is 12.3 Å². The van der Waals surface area contributed by atoms with E-state index in [1.807, 2.05) is 30.3 Å². The van der Waals surface area contributed by atoms with Gasteiger partial charge in [-0.2, -0.15) is 0 Å². The zero-order chi connectivity index (χ0) is 14.4. The van der Waals surface area contributed by atoms with Gasteiger partial charge in [0.15, 0.2) is 0 Å². The molecule has 1 atom stereocenters. The van der Waals surface area contributed by atoms with Crippen LogP contribution in [0.4, 0.5) is 4.39 Å². The van der Waals surface area contributed by atoms with Gasteiger partial charge in [0.1, 0.15) is 5.82 Å². The third-order valence-corrected chi connectivity index (χ3v) is 3.08. The fourth-order valence-electron chi connectivity index (χ4n) is 2.15. The van der Waals surface area contributed by atoms with Gasteiger partial charge >= 0.3 is 0 Å². The van der Waals surface area contributed by atoms with Crippen LogP contribution in [0.15, 0.2) is 54.6 Å². The van der Waals surface area contributed by atoms with Crippen molar-refractivity contribution < 1.29 is 14.0 Å². The first-order valence-electron chi connectivity index (χ1n) is 6.33. The zero-order valence-electron chi connectivity index (χ0n) is 11.2. The fourth-order valence-corrected chi connectivity index (χ4v) is 2.15. The lowest BCUT2D eigenvalue weighted by Crippen LogP contribution is -2.24. The van der Waals surface area contributed by atoms with Crippen LogP contribution in [-0.4, -0.2) is 13.0 Å². The summed E-state index contributed by atoms with van der Waals surface area (Å²) in [5, 5.41) is 0. The molecule has 0 spiro atoms. The Morgan fingerprint density at radius 2 is 1.70 bits per heavy atom. The normalized spacial score (nSPS) is 11.9. The largest absolute Gasteiger partial charge is 0.277 e. The number of hydrogen-bond donors (Lipinski definition) is 1. The molecule has 3 nitrogen and oxygen atoms in total. The molecule has 0 saturated heterocycles. The molecule has 0 heterocycles. The van der Waals surface area contributed by atoms with Gasteiger partial charge in [0.05, 0.1) is 7.11 Å². The van der Waals surface area contributed by atoms with Crippen molar-refractivity contribution in [1.82, 2.24) is 5.48 Å². The molecule has 2 aromatic rings. The van der Waals surface area contributed by atoms with Gasteiger partial charge in [-0.15, -0.1) is 0 Å². The molecule has 20 heavy (non-hydrogen) atoms. The smallest absolute Gasteiger partial charge is 0.244 e. The topological polar surface area (TPSA) is 38.3 Å². The Morgan fingerprint density at radius 3 is 2.30 bits per heavy atom. The van der Waals surface area contributed by atoms with Crippen molar-refractivity contribution in [3.63, 3.8) is 0 Å². The van der Waals surface area contributed by atoms with Crippen molar-refractivity contribution in [3.8, 4) is 0 Å². The second-order valence-corrected chi connectivity index (χ2v) is 4.45. The van der Waals surface area contributed by atoms with Crippen molar-refractivity contribution in [2.75, 3.05) is 7.11 Å². The van der Waals surface area contributed by atoms with Crippen LogP contribution in [0.5, 0.6) is 0 Å². The van der Waals surface area contributed by atoms with Crippen molar-refractivity contribution in [2.45, 2.75) is 12.3 Å². The third-order valence-electron chi connectivity index (χ3n) is 3.08. The molecule has 1 N–H and O–H groups in total. The van der Waals surface area contributed by atoms with E-state index >= 15 is 0 Å². The predicted octanol–water partition coefficient (Wildman–Crippen LogP) is 3.03. The van der Waals surface area contributed by atoms with Crippen LogP contribution in [0, 0.1) is 5.82 Å². The Balaban J connectivity index is 2.29. The van der Waals surface area contributed by atoms with Crippen molar-refractivity contribution in [1.29, 1.82) is 0 Å². The van der Waals surface area contributed by atoms with E-state index in [0.717, 1.165) is 11.1 Å². The number of halogens is 1. The second-order valence-electron chi connectivity index (χ2n) is 4.45. The highest BCUT2D eigenvalue weighted by Gasteiger charge is 2.18. The van der Waals surface area contributed by atoms with E-state index < -0.39 is 0 Å². The molecule has 0 saturated carbocycles. The van der Waals surface area contributed by atoms with Gasteiger partial charge in [-0.1, -0.05) is 42.5 Å². The van der Waals surface area contributed by atoms with Gasteiger partial charge in [0.25, 0.3) is 0 Å². The lowest BCUT2D eigenvalue weighted by molar-refractivity contribution is -0.131. The molecule has 0 aliphatic rings. The minimum Gasteiger partial charge on any atom is -0.277 e. The fraction of sp³-hybridized carbons (Fsp3) is 0.188. The van der Waals surface area contributed by atoms with Crippen LogP contribution in [0.2, 0.25) is 0 Å². The zero-order valence-corrected chi connectivity index (χ0v) is 11.2. The van der Waals surface area contributed by atoms with Crippen molar-refractivity contribution in [2.24, 2.45) is 0 Å². The van der Waals surface area contributed by atoms with Crippen LogP contribution < -0.4 is 5.48 Å². The number of rotatable bonds is 5. The Hall–Kier alpha value is -2.20. The van der Waals surface area contributed by atoms with Crippen molar-refractivity contribution >= 4 is 5.91 Å². The van der Waals surface area contributed by atoms with E-state index in [2.05, 4.69) is 10.3 Å². The van der Waals surface area contributed by atoms with Crippen LogP contribution >= 0.6 is 0 Å². The predicted molar refractivity (Wildman–Crippen MR) is 74.5 cm³/mol. The average Bonchev–Trinajstić information content (AvgIpc) is 2.47. The number of carbonyl (C=O) groups excluding carboxylic acids is 1. The SMILES string of the molecule is CONC(=O)CC(c1ccccc1)c1ccc(F)cc1. The van der Waals surface area contributed by atoms with Gasteiger partial charge in [0.2, 0.25) is 5.91 Å². The number of amides is 1. The second kappa shape index (κ2) is 6.82. The van der Waals surface area contributed by atoms with Crippen molar-refractivity contribution in [3.05, 3.63) is 71.5 Å². The summed E-state index contributed by atoms with van der Waals surface area (Å²) in [5.74, 6) is -0.639. The van der Waals surface area contributed by atoms with E-state index in [4.69, 9.17) is 0 Å². The molecule has 1 unspecified atom stereocenters. The highest BCUT2D eigenvalue weighted by atomic mass is 19.1. The first kappa shape index (κ1) is 14.2. The lowest BCUT2D eigenvalue weighted by Gasteiger charge is -2.17. The Morgan fingerprint density at radius 1 is 1.10 bits per heavy atom. The molecular formula is C16H16FNO2. The number of carbonyl (C=O) groups is 1. The molecule has 0 aliphatic carbocycles. The average molecular weight is 273 g/mol. The Labute approximate surface area is 117 Å². The summed E-state index contributed by atoms with van der Waals surface area (Å²) >= 11 is 0. The molecule has 0 aromatic heterocycles. The molecule has 4 heteroatoms. The summed E-state index contributed by atoms with van der Waals surface area (Å²) in [6.45, 7) is 0. The molecule has 2 aromatic carbocycles. The highest BCUT2D eigenvalue weighted by molar-refractivity contribution is 5.76. The first-order valence-corrected chi connectivity index (χ1v) is 6.33. The number of hydrogen-bond acceptors (Lipinski definition) is 2. The van der Waals surface area contributed by atoms with E-state index in [9.17, 15) is 9.18 Å². The Bertz CT molecular complexity index is 554. The molecule has 0 aliphatic heterocycles. The molecule has 104 valence electrons. The van der Waals surface area contributed by atoms with Crippen LogP contribution in [0.1, 0.15) is 23.5 Å². The minimum atomic E-state index is -0.290. The standard InChI is InChI=1S/C16H16FNO2/c1-20-18-16(19)11-15(12-5-3-2-4-6-12)13-7-9-14(17)10-8-13/h2-10,15H,11H2,1H3,(H,18,19). The molecule has 0 fully saturated rings. The van der Waals surface area contributed by atoms with Crippen LogP contribution in [0.3, 0.4) is 0 Å². The van der Waals surface area contributed by atoms with E-state index in [0.29, 0.717) is 0 Å². The third kappa shape index (κ3) is 3.65. The summed E-state index contributed by atoms with van der Waals surface area (Å²) < 4.78 is 13.0. The molecule has 0 radical (unpaired) electrons. The first-order chi connectivity index (χ1) is 9.70. The summed E-state index contributed by atoms with van der Waals surface area (Å²) in [4.78, 5) is 16.4. The van der Waals surface area contributed by atoms with E-state index in [1.54, 1.807) is 12.1 Å². The molecule has 1 amide bonds. The highest BCUT2D eigenvalue weighted by Crippen LogP contribution is 2.28. The summed E-state index contributed by atoms with van der Waals surface area (Å²) in [7, 11) is 1.40. The summed E-state index contributed by atoms with van der Waals surface area (Å²) in [5.41, 5.74) is 4.21. The number of hydroxylamine groups is 1. The molecular weight excluding hydrogens is 257 g/mol. The number of benzene rings is 2. The maximum Gasteiger partial charge on any atom is 0.244 e. The maximum absolute atomic E-state index is 13.0. The van der Waals surface area contributed by atoms with Gasteiger partial charge in [-0.05, 0) is 23.3 Å². The van der Waals surface area contributed by atoms with Crippen LogP contribution in [0.25, 0.3) is 0 Å². The molecule has 0 bridgehead atoms. The number of nitrogens with one attached hydrogen (secondary N) is 1. The van der Waals surface area contributed by atoms with Gasteiger partial charge < -0.3 is 0 Å². The van der Waals surface area contributed by atoms with Crippen LogP contribution in [-0.2, 0) is 9.63 Å². The van der Waals surface area contributed by atoms with Gasteiger partial charge in [-0.25, -0.2) is 9.87 Å². The van der Waals surface area contributed by atoms with E-state index in [-0.39, 0.29) is 24.1 Å². The van der Waals surface area contributed by atoms with Gasteiger partial charge in [-0.3, -0.25) is 9.63 Å². The molecule has 2 rings (SSSR count). The lowest BCUT2D eigenvalue weighted by atomic mass is 9.88. The Kier molecular flexibility index (Phi) is 4.85.